The van der Waals surface area contributed by atoms with Gasteiger partial charge in [0, 0.05) is 6.54 Å². The number of aryl methyl sites for hydroxylation is 1. The van der Waals surface area contributed by atoms with Crippen molar-refractivity contribution in [3.63, 3.8) is 0 Å². The number of carbonyl (C=O) groups is 2. The summed E-state index contributed by atoms with van der Waals surface area (Å²) in [6.45, 7) is 1.14. The average molecular weight is 401 g/mol. The molecule has 0 aliphatic rings. The molecular weight excluding hydrogens is 382 g/mol. The molecule has 9 heteroatoms. The molecule has 2 aromatic carbocycles. The molecular formula is C19H19N3O5S. The minimum Gasteiger partial charge on any atom is -0.456 e. The summed E-state index contributed by atoms with van der Waals surface area (Å²) in [6, 6.07) is 14.6. The predicted octanol–water partition coefficient (Wildman–Crippen LogP) is 1.72. The third-order valence-corrected chi connectivity index (χ3v) is 5.12. The molecule has 28 heavy (non-hydrogen) atoms. The lowest BCUT2D eigenvalue weighted by atomic mass is 10.2. The Kier molecular flexibility index (Phi) is 7.26. The van der Waals surface area contributed by atoms with E-state index < -0.39 is 28.5 Å². The number of nitriles is 1. The molecule has 0 aromatic heterocycles. The van der Waals surface area contributed by atoms with Crippen LogP contribution < -0.4 is 10.0 Å². The van der Waals surface area contributed by atoms with E-state index in [-0.39, 0.29) is 23.4 Å². The Bertz CT molecular complexity index is 995. The highest BCUT2D eigenvalue weighted by Gasteiger charge is 2.15. The van der Waals surface area contributed by atoms with Crippen molar-refractivity contribution in [1.29, 1.82) is 5.26 Å². The number of hydrogen-bond donors (Lipinski definition) is 2. The number of anilines is 1. The normalized spacial score (nSPS) is 10.7. The van der Waals surface area contributed by atoms with Crippen molar-refractivity contribution >= 4 is 27.6 Å². The molecule has 0 aliphatic heterocycles. The first-order valence-corrected chi connectivity index (χ1v) is 9.81. The summed E-state index contributed by atoms with van der Waals surface area (Å²) in [7, 11) is -3.72. The Morgan fingerprint density at radius 1 is 1.11 bits per heavy atom. The third-order valence-electron chi connectivity index (χ3n) is 3.64. The first-order chi connectivity index (χ1) is 13.3. The van der Waals surface area contributed by atoms with E-state index in [2.05, 4.69) is 10.0 Å². The van der Waals surface area contributed by atoms with Crippen LogP contribution in [0.3, 0.4) is 0 Å². The number of para-hydroxylation sites is 1. The van der Waals surface area contributed by atoms with Crippen LogP contribution >= 0.6 is 0 Å². The van der Waals surface area contributed by atoms with E-state index >= 15 is 0 Å². The fourth-order valence-electron chi connectivity index (χ4n) is 2.18. The average Bonchev–Trinajstić information content (AvgIpc) is 2.67. The van der Waals surface area contributed by atoms with Crippen LogP contribution in [0.15, 0.2) is 53.4 Å². The molecule has 0 radical (unpaired) electrons. The Morgan fingerprint density at radius 3 is 2.46 bits per heavy atom. The van der Waals surface area contributed by atoms with Crippen molar-refractivity contribution in [2.45, 2.75) is 18.2 Å². The zero-order valence-corrected chi connectivity index (χ0v) is 16.0. The van der Waals surface area contributed by atoms with Gasteiger partial charge in [-0.05, 0) is 31.2 Å². The number of amides is 1. The minimum atomic E-state index is -3.72. The van der Waals surface area contributed by atoms with Crippen molar-refractivity contribution in [2.24, 2.45) is 0 Å². The Hall–Kier alpha value is -3.22. The van der Waals surface area contributed by atoms with E-state index in [1.54, 1.807) is 36.4 Å². The van der Waals surface area contributed by atoms with Gasteiger partial charge in [0.25, 0.3) is 5.91 Å². The standard InChI is InChI=1S/C19H19N3O5S/c1-14-6-8-16(9-7-14)28(25,26)21-11-10-19(24)27-13-18(23)22-17-5-3-2-4-15(17)12-20/h2-9,21H,10-11,13H2,1H3,(H,22,23). The van der Waals surface area contributed by atoms with Gasteiger partial charge in [0.15, 0.2) is 6.61 Å². The summed E-state index contributed by atoms with van der Waals surface area (Å²) < 4.78 is 31.3. The van der Waals surface area contributed by atoms with Crippen LogP contribution in [0.4, 0.5) is 5.69 Å². The molecule has 2 aromatic rings. The quantitative estimate of drug-likeness (QED) is 0.649. The van der Waals surface area contributed by atoms with Gasteiger partial charge in [0.2, 0.25) is 10.0 Å². The number of carbonyl (C=O) groups excluding carboxylic acids is 2. The predicted molar refractivity (Wildman–Crippen MR) is 102 cm³/mol. The summed E-state index contributed by atoms with van der Waals surface area (Å²) in [5.41, 5.74) is 1.53. The Balaban J connectivity index is 1.76. The number of nitrogens with one attached hydrogen (secondary N) is 2. The SMILES string of the molecule is Cc1ccc(S(=O)(=O)NCCC(=O)OCC(=O)Nc2ccccc2C#N)cc1. The molecule has 0 bridgehead atoms. The largest absolute Gasteiger partial charge is 0.456 e. The lowest BCUT2D eigenvalue weighted by Crippen LogP contribution is -2.28. The molecule has 8 nitrogen and oxygen atoms in total. The van der Waals surface area contributed by atoms with Gasteiger partial charge in [-0.25, -0.2) is 13.1 Å². The van der Waals surface area contributed by atoms with Crippen LogP contribution in [0.1, 0.15) is 17.5 Å². The molecule has 0 saturated carbocycles. The lowest BCUT2D eigenvalue weighted by Gasteiger charge is -2.09. The van der Waals surface area contributed by atoms with Crippen LogP contribution in [0.2, 0.25) is 0 Å². The van der Waals surface area contributed by atoms with Gasteiger partial charge < -0.3 is 10.1 Å². The molecule has 2 N–H and O–H groups in total. The summed E-state index contributed by atoms with van der Waals surface area (Å²) in [5.74, 6) is -1.33. The van der Waals surface area contributed by atoms with Crippen molar-refractivity contribution in [3.05, 3.63) is 59.7 Å². The second-order valence-corrected chi connectivity index (χ2v) is 7.59. The van der Waals surface area contributed by atoms with Crippen molar-refractivity contribution in [2.75, 3.05) is 18.5 Å². The van der Waals surface area contributed by atoms with Gasteiger partial charge in [-0.15, -0.1) is 0 Å². The minimum absolute atomic E-state index is 0.0991. The molecule has 146 valence electrons. The first-order valence-electron chi connectivity index (χ1n) is 8.33. The monoisotopic (exact) mass is 401 g/mol. The second kappa shape index (κ2) is 9.64. The first kappa shape index (κ1) is 21.1. The van der Waals surface area contributed by atoms with Gasteiger partial charge in [0.1, 0.15) is 6.07 Å². The second-order valence-electron chi connectivity index (χ2n) is 5.83. The molecule has 1 amide bonds. The number of hydrogen-bond acceptors (Lipinski definition) is 6. The van der Waals surface area contributed by atoms with Gasteiger partial charge in [0.05, 0.1) is 22.6 Å². The maximum absolute atomic E-state index is 12.1. The summed E-state index contributed by atoms with van der Waals surface area (Å²) in [6.07, 6.45) is -0.229. The molecule has 0 fully saturated rings. The van der Waals surface area contributed by atoms with E-state index in [1.165, 1.54) is 12.1 Å². The number of rotatable bonds is 8. The van der Waals surface area contributed by atoms with Crippen molar-refractivity contribution in [3.8, 4) is 6.07 Å². The lowest BCUT2D eigenvalue weighted by molar-refractivity contribution is -0.147. The molecule has 0 aliphatic carbocycles. The summed E-state index contributed by atoms with van der Waals surface area (Å²) >= 11 is 0. The van der Waals surface area contributed by atoms with Crippen molar-refractivity contribution < 1.29 is 22.7 Å². The van der Waals surface area contributed by atoms with E-state index in [1.807, 2.05) is 13.0 Å². The number of sulfonamides is 1. The molecule has 0 atom stereocenters. The van der Waals surface area contributed by atoms with Crippen LogP contribution in [-0.4, -0.2) is 33.4 Å². The van der Waals surface area contributed by atoms with E-state index in [0.717, 1.165) is 5.56 Å². The topological polar surface area (TPSA) is 125 Å². The maximum Gasteiger partial charge on any atom is 0.307 e. The zero-order chi connectivity index (χ0) is 20.6. The highest BCUT2D eigenvalue weighted by molar-refractivity contribution is 7.89. The number of ether oxygens (including phenoxy) is 1. The van der Waals surface area contributed by atoms with E-state index in [9.17, 15) is 18.0 Å². The number of esters is 1. The number of nitrogens with zero attached hydrogens (tertiary/aromatic N) is 1. The van der Waals surface area contributed by atoms with Crippen molar-refractivity contribution in [1.82, 2.24) is 4.72 Å². The van der Waals surface area contributed by atoms with E-state index in [0.29, 0.717) is 5.69 Å². The third kappa shape index (κ3) is 6.19. The van der Waals surface area contributed by atoms with Gasteiger partial charge in [-0.1, -0.05) is 29.8 Å². The van der Waals surface area contributed by atoms with Gasteiger partial charge in [-0.3, -0.25) is 9.59 Å². The number of benzene rings is 2. The summed E-state index contributed by atoms with van der Waals surface area (Å²) in [4.78, 5) is 23.6. The molecule has 0 unspecified atom stereocenters. The fraction of sp³-hybridized carbons (Fsp3) is 0.211. The fourth-order valence-corrected chi connectivity index (χ4v) is 3.21. The zero-order valence-electron chi connectivity index (χ0n) is 15.1. The van der Waals surface area contributed by atoms with Crippen LogP contribution in [0.25, 0.3) is 0 Å². The Morgan fingerprint density at radius 2 is 1.79 bits per heavy atom. The highest BCUT2D eigenvalue weighted by Crippen LogP contribution is 2.13. The maximum atomic E-state index is 12.1. The highest BCUT2D eigenvalue weighted by atomic mass is 32.2. The van der Waals surface area contributed by atoms with Gasteiger partial charge in [-0.2, -0.15) is 5.26 Å². The molecule has 0 heterocycles. The molecule has 0 saturated heterocycles. The van der Waals surface area contributed by atoms with Crippen LogP contribution in [0, 0.1) is 18.3 Å². The molecule has 2 rings (SSSR count). The van der Waals surface area contributed by atoms with Crippen LogP contribution in [0.5, 0.6) is 0 Å². The smallest absolute Gasteiger partial charge is 0.307 e. The van der Waals surface area contributed by atoms with E-state index in [4.69, 9.17) is 10.00 Å². The van der Waals surface area contributed by atoms with Crippen LogP contribution in [-0.2, 0) is 24.3 Å². The Labute approximate surface area is 163 Å². The van der Waals surface area contributed by atoms with Gasteiger partial charge >= 0.3 is 5.97 Å². The summed E-state index contributed by atoms with van der Waals surface area (Å²) in [5, 5.41) is 11.4. The molecule has 0 spiro atoms.